The highest BCUT2D eigenvalue weighted by molar-refractivity contribution is 7.91. The van der Waals surface area contributed by atoms with Crippen molar-refractivity contribution in [2.24, 2.45) is 4.99 Å². The van der Waals surface area contributed by atoms with Crippen LogP contribution in [0.15, 0.2) is 23.2 Å². The first-order chi connectivity index (χ1) is 11.9. The number of aliphatic imine (C=N–C) groups is 1. The molecule has 1 aliphatic heterocycles. The van der Waals surface area contributed by atoms with Crippen LogP contribution in [0.3, 0.4) is 0 Å². The molecule has 1 aromatic rings. The van der Waals surface area contributed by atoms with Crippen molar-refractivity contribution >= 4 is 27.4 Å². The molecule has 1 aliphatic rings. The zero-order valence-corrected chi connectivity index (χ0v) is 16.3. The van der Waals surface area contributed by atoms with E-state index in [1.165, 1.54) is 0 Å². The quantitative estimate of drug-likeness (QED) is 0.425. The Morgan fingerprint density at radius 1 is 1.44 bits per heavy atom. The lowest BCUT2D eigenvalue weighted by atomic mass is 10.2. The summed E-state index contributed by atoms with van der Waals surface area (Å²) in [6, 6.07) is 5.49. The molecule has 1 fully saturated rings. The second kappa shape index (κ2) is 9.29. The van der Waals surface area contributed by atoms with Gasteiger partial charge in [-0.1, -0.05) is 11.6 Å². The predicted molar refractivity (Wildman–Crippen MR) is 102 cm³/mol. The molecular formula is C17H26ClN3O3S. The summed E-state index contributed by atoms with van der Waals surface area (Å²) in [5.74, 6) is 1.91. The number of halogens is 1. The number of rotatable bonds is 7. The normalized spacial score (nSPS) is 19.6. The topological polar surface area (TPSA) is 79.8 Å². The number of sulfone groups is 1. The van der Waals surface area contributed by atoms with E-state index in [1.54, 1.807) is 0 Å². The maximum absolute atomic E-state index is 11.5. The van der Waals surface area contributed by atoms with Gasteiger partial charge in [0.25, 0.3) is 0 Å². The van der Waals surface area contributed by atoms with E-state index in [-0.39, 0.29) is 17.5 Å². The average molecular weight is 388 g/mol. The number of hydrogen-bond acceptors (Lipinski definition) is 4. The first-order valence-electron chi connectivity index (χ1n) is 8.54. The van der Waals surface area contributed by atoms with Gasteiger partial charge in [0.2, 0.25) is 0 Å². The van der Waals surface area contributed by atoms with E-state index < -0.39 is 9.84 Å². The van der Waals surface area contributed by atoms with Gasteiger partial charge in [0.1, 0.15) is 5.75 Å². The van der Waals surface area contributed by atoms with Crippen molar-refractivity contribution in [2.45, 2.75) is 32.7 Å². The summed E-state index contributed by atoms with van der Waals surface area (Å²) in [6.45, 7) is 5.83. The van der Waals surface area contributed by atoms with E-state index in [9.17, 15) is 8.42 Å². The fraction of sp³-hybridized carbons (Fsp3) is 0.588. The van der Waals surface area contributed by atoms with E-state index in [0.29, 0.717) is 30.6 Å². The van der Waals surface area contributed by atoms with Crippen molar-refractivity contribution in [1.82, 2.24) is 10.6 Å². The van der Waals surface area contributed by atoms with Gasteiger partial charge < -0.3 is 15.4 Å². The molecule has 1 atom stereocenters. The molecule has 0 bridgehead atoms. The zero-order valence-electron chi connectivity index (χ0n) is 14.7. The summed E-state index contributed by atoms with van der Waals surface area (Å²) in [4.78, 5) is 4.49. The van der Waals surface area contributed by atoms with Crippen molar-refractivity contribution in [3.8, 4) is 5.75 Å². The molecular weight excluding hydrogens is 362 g/mol. The first-order valence-corrected chi connectivity index (χ1v) is 10.7. The Morgan fingerprint density at radius 3 is 2.88 bits per heavy atom. The van der Waals surface area contributed by atoms with Crippen molar-refractivity contribution in [3.05, 3.63) is 28.8 Å². The van der Waals surface area contributed by atoms with Gasteiger partial charge in [0, 0.05) is 30.6 Å². The van der Waals surface area contributed by atoms with E-state index in [0.717, 1.165) is 24.3 Å². The summed E-state index contributed by atoms with van der Waals surface area (Å²) in [7, 11) is -2.90. The molecule has 0 aliphatic carbocycles. The molecule has 1 aromatic carbocycles. The van der Waals surface area contributed by atoms with Gasteiger partial charge in [-0.25, -0.2) is 8.42 Å². The summed E-state index contributed by atoms with van der Waals surface area (Å²) >= 11 is 5.93. The molecule has 0 saturated carbocycles. The predicted octanol–water partition coefficient (Wildman–Crippen LogP) is 2.16. The van der Waals surface area contributed by atoms with E-state index in [2.05, 4.69) is 15.6 Å². The van der Waals surface area contributed by atoms with Crippen LogP contribution < -0.4 is 15.4 Å². The molecule has 6 nitrogen and oxygen atoms in total. The molecule has 140 valence electrons. The van der Waals surface area contributed by atoms with Crippen LogP contribution in [-0.4, -0.2) is 51.6 Å². The largest absolute Gasteiger partial charge is 0.493 e. The van der Waals surface area contributed by atoms with Crippen molar-refractivity contribution in [3.63, 3.8) is 0 Å². The smallest absolute Gasteiger partial charge is 0.191 e. The monoisotopic (exact) mass is 387 g/mol. The fourth-order valence-electron chi connectivity index (χ4n) is 2.63. The van der Waals surface area contributed by atoms with Gasteiger partial charge in [0.15, 0.2) is 15.8 Å². The zero-order chi connectivity index (χ0) is 18.3. The molecule has 0 radical (unpaired) electrons. The van der Waals surface area contributed by atoms with Crippen LogP contribution in [0.25, 0.3) is 0 Å². The Morgan fingerprint density at radius 2 is 2.24 bits per heavy atom. The van der Waals surface area contributed by atoms with Crippen LogP contribution in [0, 0.1) is 6.92 Å². The minimum atomic E-state index is -2.90. The Bertz CT molecular complexity index is 707. The Balaban J connectivity index is 1.77. The summed E-state index contributed by atoms with van der Waals surface area (Å²) in [5.41, 5.74) is 1.01. The number of aryl methyl sites for hydroxylation is 1. The third-order valence-corrected chi connectivity index (χ3v) is 5.89. The van der Waals surface area contributed by atoms with Gasteiger partial charge in [-0.15, -0.1) is 0 Å². The molecule has 0 amide bonds. The third kappa shape index (κ3) is 6.74. The molecule has 2 rings (SSSR count). The highest BCUT2D eigenvalue weighted by Crippen LogP contribution is 2.21. The standard InChI is InChI=1S/C17H26ClN3O3S/c1-3-19-17(21-15-7-10-25(22,23)12-15)20-8-4-9-24-16-6-5-14(18)11-13(16)2/h5-6,11,15H,3-4,7-10,12H2,1-2H3,(H2,19,20,21). The number of hydrogen-bond donors (Lipinski definition) is 2. The van der Waals surface area contributed by atoms with Crippen LogP contribution in [0.1, 0.15) is 25.3 Å². The molecule has 2 N–H and O–H groups in total. The van der Waals surface area contributed by atoms with E-state index in [4.69, 9.17) is 16.3 Å². The maximum atomic E-state index is 11.5. The number of guanidine groups is 1. The first kappa shape index (κ1) is 19.8. The van der Waals surface area contributed by atoms with Crippen LogP contribution in [0.4, 0.5) is 0 Å². The van der Waals surface area contributed by atoms with Gasteiger partial charge in [-0.05, 0) is 44.0 Å². The fourth-order valence-corrected chi connectivity index (χ4v) is 4.53. The lowest BCUT2D eigenvalue weighted by Crippen LogP contribution is -2.44. The molecule has 1 saturated heterocycles. The Hall–Kier alpha value is -1.47. The molecule has 1 unspecified atom stereocenters. The summed E-state index contributed by atoms with van der Waals surface area (Å²) in [5, 5.41) is 7.05. The minimum absolute atomic E-state index is 0.0595. The highest BCUT2D eigenvalue weighted by Gasteiger charge is 2.28. The lowest BCUT2D eigenvalue weighted by molar-refractivity contribution is 0.311. The SMILES string of the molecule is CCNC(=NCCCOc1ccc(Cl)cc1C)NC1CCS(=O)(=O)C1. The van der Waals surface area contributed by atoms with E-state index >= 15 is 0 Å². The van der Waals surface area contributed by atoms with Crippen molar-refractivity contribution < 1.29 is 13.2 Å². The highest BCUT2D eigenvalue weighted by atomic mass is 35.5. The Kier molecular flexibility index (Phi) is 7.38. The van der Waals surface area contributed by atoms with Gasteiger partial charge in [0.05, 0.1) is 18.1 Å². The van der Waals surface area contributed by atoms with Crippen molar-refractivity contribution in [2.75, 3.05) is 31.2 Å². The third-order valence-electron chi connectivity index (χ3n) is 3.88. The van der Waals surface area contributed by atoms with Crippen LogP contribution in [-0.2, 0) is 9.84 Å². The van der Waals surface area contributed by atoms with Crippen LogP contribution in [0.5, 0.6) is 5.75 Å². The lowest BCUT2D eigenvalue weighted by Gasteiger charge is -2.15. The number of nitrogens with zero attached hydrogens (tertiary/aromatic N) is 1. The number of benzene rings is 1. The van der Waals surface area contributed by atoms with E-state index in [1.807, 2.05) is 32.0 Å². The Labute approximate surface area is 154 Å². The second-order valence-corrected chi connectivity index (χ2v) is 8.78. The van der Waals surface area contributed by atoms with Crippen LogP contribution >= 0.6 is 11.6 Å². The van der Waals surface area contributed by atoms with Crippen molar-refractivity contribution in [1.29, 1.82) is 0 Å². The van der Waals surface area contributed by atoms with Gasteiger partial charge in [-0.3, -0.25) is 4.99 Å². The van der Waals surface area contributed by atoms with Gasteiger partial charge >= 0.3 is 0 Å². The molecule has 25 heavy (non-hydrogen) atoms. The number of ether oxygens (including phenoxy) is 1. The average Bonchev–Trinajstić information content (AvgIpc) is 2.87. The second-order valence-electron chi connectivity index (χ2n) is 6.12. The minimum Gasteiger partial charge on any atom is -0.493 e. The van der Waals surface area contributed by atoms with Gasteiger partial charge in [-0.2, -0.15) is 0 Å². The molecule has 1 heterocycles. The molecule has 0 aromatic heterocycles. The summed E-state index contributed by atoms with van der Waals surface area (Å²) in [6.07, 6.45) is 1.40. The molecule has 8 heteroatoms. The molecule has 0 spiro atoms. The van der Waals surface area contributed by atoms with Crippen LogP contribution in [0.2, 0.25) is 5.02 Å². The summed E-state index contributed by atoms with van der Waals surface area (Å²) < 4.78 is 28.8. The maximum Gasteiger partial charge on any atom is 0.191 e. The number of nitrogens with one attached hydrogen (secondary N) is 2.